The summed E-state index contributed by atoms with van der Waals surface area (Å²) in [6.07, 6.45) is -0.346. The van der Waals surface area contributed by atoms with Gasteiger partial charge in [0.25, 0.3) is 0 Å². The first-order valence-electron chi connectivity index (χ1n) is 5.04. The molecule has 0 aromatic heterocycles. The van der Waals surface area contributed by atoms with Crippen molar-refractivity contribution in [2.75, 3.05) is 7.11 Å². The van der Waals surface area contributed by atoms with Crippen molar-refractivity contribution in [1.29, 1.82) is 0 Å². The van der Waals surface area contributed by atoms with Crippen LogP contribution in [0.5, 0.6) is 0 Å². The Morgan fingerprint density at radius 1 is 1.67 bits per heavy atom. The molecule has 0 radical (unpaired) electrons. The molecule has 0 bridgehead atoms. The number of carbonyl (C=O) groups excluding carboxylic acids is 1. The number of ether oxygens (including phenoxy) is 2. The highest BCUT2D eigenvalue weighted by Crippen LogP contribution is 2.29. The number of rotatable bonds is 2. The summed E-state index contributed by atoms with van der Waals surface area (Å²) < 4.78 is 10.5. The minimum Gasteiger partial charge on any atom is -0.388 e. The summed E-state index contributed by atoms with van der Waals surface area (Å²) in [6, 6.07) is -0.401. The van der Waals surface area contributed by atoms with Gasteiger partial charge in [-0.25, -0.2) is 0 Å². The molecule has 4 atom stereocenters. The van der Waals surface area contributed by atoms with E-state index in [0.717, 1.165) is 0 Å². The van der Waals surface area contributed by atoms with Crippen molar-refractivity contribution in [3.63, 3.8) is 0 Å². The van der Waals surface area contributed by atoms with Crippen LogP contribution >= 0.6 is 0 Å². The lowest BCUT2D eigenvalue weighted by Crippen LogP contribution is -2.62. The van der Waals surface area contributed by atoms with Crippen LogP contribution in [0.25, 0.3) is 0 Å². The number of carbonyl (C=O) groups is 1. The summed E-state index contributed by atoms with van der Waals surface area (Å²) in [5, 5.41) is 12.9. The predicted octanol–water partition coefficient (Wildman–Crippen LogP) is 0.0234. The maximum atomic E-state index is 11.0. The van der Waals surface area contributed by atoms with Crippen LogP contribution in [-0.4, -0.2) is 42.2 Å². The van der Waals surface area contributed by atoms with Crippen molar-refractivity contribution in [3.05, 3.63) is 0 Å². The van der Waals surface area contributed by atoms with Gasteiger partial charge in [-0.05, 0) is 13.8 Å². The van der Waals surface area contributed by atoms with Crippen molar-refractivity contribution in [3.8, 4) is 0 Å². The summed E-state index contributed by atoms with van der Waals surface area (Å²) in [4.78, 5) is 11.0. The van der Waals surface area contributed by atoms with Gasteiger partial charge in [0.1, 0.15) is 0 Å². The Morgan fingerprint density at radius 3 is 2.67 bits per heavy atom. The second kappa shape index (κ2) is 4.47. The van der Waals surface area contributed by atoms with Gasteiger partial charge in [0.2, 0.25) is 5.91 Å². The largest absolute Gasteiger partial charge is 0.388 e. The highest BCUT2D eigenvalue weighted by atomic mass is 16.7. The molecule has 0 saturated carbocycles. The van der Waals surface area contributed by atoms with E-state index in [-0.39, 0.29) is 12.0 Å². The van der Waals surface area contributed by atoms with Crippen LogP contribution < -0.4 is 5.32 Å². The molecule has 15 heavy (non-hydrogen) atoms. The summed E-state index contributed by atoms with van der Waals surface area (Å²) >= 11 is 0. The van der Waals surface area contributed by atoms with Crippen molar-refractivity contribution in [1.82, 2.24) is 5.32 Å². The number of hydrogen-bond acceptors (Lipinski definition) is 4. The average molecular weight is 217 g/mol. The molecule has 88 valence electrons. The standard InChI is InChI=1S/C10H19NO4/c1-6-9(11-7(2)12)10(3,13)5-8(14-4)15-6/h6,8-9,13H,5H2,1-4H3,(H,11,12)/t6-,8-,9-,10-/m0/s1. The van der Waals surface area contributed by atoms with Crippen LogP contribution in [0.3, 0.4) is 0 Å². The Morgan fingerprint density at radius 2 is 2.27 bits per heavy atom. The van der Waals surface area contributed by atoms with E-state index in [9.17, 15) is 9.90 Å². The molecule has 1 saturated heterocycles. The van der Waals surface area contributed by atoms with Gasteiger partial charge in [-0.15, -0.1) is 0 Å². The Kier molecular flexibility index (Phi) is 3.70. The molecule has 0 aromatic carbocycles. The van der Waals surface area contributed by atoms with Crippen LogP contribution in [0, 0.1) is 0 Å². The summed E-state index contributed by atoms with van der Waals surface area (Å²) in [7, 11) is 1.53. The third-order valence-electron chi connectivity index (χ3n) is 2.71. The van der Waals surface area contributed by atoms with Gasteiger partial charge >= 0.3 is 0 Å². The molecule has 1 fully saturated rings. The van der Waals surface area contributed by atoms with E-state index in [2.05, 4.69) is 5.32 Å². The molecular formula is C10H19NO4. The normalized spacial score (nSPS) is 41.3. The molecule has 0 spiro atoms. The number of hydrogen-bond donors (Lipinski definition) is 2. The average Bonchev–Trinajstić information content (AvgIpc) is 2.10. The SMILES string of the molecule is CO[C@@H]1C[C@](C)(O)[C@@H](NC(C)=O)[C@H](C)O1. The Balaban J connectivity index is 2.74. The fourth-order valence-corrected chi connectivity index (χ4v) is 1.97. The third kappa shape index (κ3) is 2.90. The van der Waals surface area contributed by atoms with Gasteiger partial charge in [-0.3, -0.25) is 4.79 Å². The van der Waals surface area contributed by atoms with Gasteiger partial charge in [0.15, 0.2) is 6.29 Å². The first-order chi connectivity index (χ1) is 6.86. The minimum atomic E-state index is -1.01. The molecule has 2 N–H and O–H groups in total. The number of amides is 1. The first kappa shape index (κ1) is 12.4. The van der Waals surface area contributed by atoms with Crippen molar-refractivity contribution in [2.24, 2.45) is 0 Å². The van der Waals surface area contributed by atoms with Gasteiger partial charge in [-0.2, -0.15) is 0 Å². The van der Waals surface area contributed by atoms with Crippen molar-refractivity contribution in [2.45, 2.75) is 51.2 Å². The topological polar surface area (TPSA) is 67.8 Å². The number of methoxy groups -OCH3 is 1. The molecule has 0 unspecified atom stereocenters. The van der Waals surface area contributed by atoms with Crippen LogP contribution in [0.1, 0.15) is 27.2 Å². The second-order valence-electron chi connectivity index (χ2n) is 4.25. The lowest BCUT2D eigenvalue weighted by Gasteiger charge is -2.44. The van der Waals surface area contributed by atoms with E-state index >= 15 is 0 Å². The highest BCUT2D eigenvalue weighted by molar-refractivity contribution is 5.73. The molecule has 5 nitrogen and oxygen atoms in total. The van der Waals surface area contributed by atoms with E-state index < -0.39 is 17.9 Å². The summed E-state index contributed by atoms with van der Waals surface area (Å²) in [6.45, 7) is 4.91. The number of nitrogens with one attached hydrogen (secondary N) is 1. The fraction of sp³-hybridized carbons (Fsp3) is 0.900. The zero-order chi connectivity index (χ0) is 11.6. The lowest BCUT2D eigenvalue weighted by molar-refractivity contribution is -0.234. The van der Waals surface area contributed by atoms with Gasteiger partial charge in [0, 0.05) is 20.5 Å². The minimum absolute atomic E-state index is 0.174. The van der Waals surface area contributed by atoms with E-state index in [1.807, 2.05) is 0 Å². The Bertz CT molecular complexity index is 242. The predicted molar refractivity (Wildman–Crippen MR) is 54.2 cm³/mol. The molecule has 1 aliphatic rings. The number of aliphatic hydroxyl groups is 1. The Labute approximate surface area is 89.8 Å². The molecular weight excluding hydrogens is 198 g/mol. The monoisotopic (exact) mass is 217 g/mol. The lowest BCUT2D eigenvalue weighted by atomic mass is 9.86. The van der Waals surface area contributed by atoms with E-state index in [4.69, 9.17) is 9.47 Å². The van der Waals surface area contributed by atoms with Crippen molar-refractivity contribution < 1.29 is 19.4 Å². The Hall–Kier alpha value is -0.650. The van der Waals surface area contributed by atoms with Crippen molar-refractivity contribution >= 4 is 5.91 Å². The van der Waals surface area contributed by atoms with Crippen LogP contribution in [-0.2, 0) is 14.3 Å². The summed E-state index contributed by atoms with van der Waals surface area (Å²) in [5.41, 5.74) is -1.01. The van der Waals surface area contributed by atoms with Gasteiger partial charge in [0.05, 0.1) is 17.7 Å². The molecule has 1 aliphatic heterocycles. The molecule has 1 heterocycles. The van der Waals surface area contributed by atoms with Crippen LogP contribution in [0.2, 0.25) is 0 Å². The second-order valence-corrected chi connectivity index (χ2v) is 4.25. The van der Waals surface area contributed by atoms with Crippen LogP contribution in [0.15, 0.2) is 0 Å². The van der Waals surface area contributed by atoms with Gasteiger partial charge < -0.3 is 19.9 Å². The molecule has 0 aliphatic carbocycles. The maximum absolute atomic E-state index is 11.0. The molecule has 5 heteroatoms. The molecule has 0 aromatic rings. The quantitative estimate of drug-likeness (QED) is 0.684. The zero-order valence-corrected chi connectivity index (χ0v) is 9.61. The smallest absolute Gasteiger partial charge is 0.217 e. The molecule has 1 rings (SSSR count). The first-order valence-corrected chi connectivity index (χ1v) is 5.04. The third-order valence-corrected chi connectivity index (χ3v) is 2.71. The van der Waals surface area contributed by atoms with E-state index in [1.54, 1.807) is 13.8 Å². The van der Waals surface area contributed by atoms with E-state index in [0.29, 0.717) is 6.42 Å². The van der Waals surface area contributed by atoms with E-state index in [1.165, 1.54) is 14.0 Å². The molecule has 1 amide bonds. The fourth-order valence-electron chi connectivity index (χ4n) is 1.97. The highest BCUT2D eigenvalue weighted by Gasteiger charge is 2.44. The maximum Gasteiger partial charge on any atom is 0.217 e. The van der Waals surface area contributed by atoms with Gasteiger partial charge in [-0.1, -0.05) is 0 Å². The summed E-state index contributed by atoms with van der Waals surface area (Å²) in [5.74, 6) is -0.174. The zero-order valence-electron chi connectivity index (χ0n) is 9.61. The van der Waals surface area contributed by atoms with Crippen LogP contribution in [0.4, 0.5) is 0 Å².